The van der Waals surface area contributed by atoms with Gasteiger partial charge in [-0.25, -0.2) is 9.48 Å². The van der Waals surface area contributed by atoms with Crippen molar-refractivity contribution in [1.82, 2.24) is 15.0 Å². The summed E-state index contributed by atoms with van der Waals surface area (Å²) in [5.41, 5.74) is 1.87. The van der Waals surface area contributed by atoms with Crippen molar-refractivity contribution in [2.75, 3.05) is 19.0 Å². The number of nitrogens with zero attached hydrogens (tertiary/aromatic N) is 3. The van der Waals surface area contributed by atoms with Crippen molar-refractivity contribution in [3.8, 4) is 5.75 Å². The fourth-order valence-corrected chi connectivity index (χ4v) is 5.88. The molecular weight excluding hydrogens is 660 g/mol. The molecule has 250 valence electrons. The molecule has 4 aromatic rings. The van der Waals surface area contributed by atoms with Crippen molar-refractivity contribution in [3.63, 3.8) is 0 Å². The second kappa shape index (κ2) is 18.9. The molecule has 0 aliphatic heterocycles. The number of fused-ring (bicyclic) bond motifs is 1. The minimum Gasteiger partial charge on any atom is -0.495 e. The monoisotopic (exact) mass is 704 g/mol. The molecule has 10 heteroatoms. The zero-order chi connectivity index (χ0) is 33.4. The second-order valence-corrected chi connectivity index (χ2v) is 12.6. The number of hydrogen-bond acceptors (Lipinski definition) is 7. The third-order valence-corrected chi connectivity index (χ3v) is 8.65. The molecule has 0 fully saturated rings. The first-order valence-electron chi connectivity index (χ1n) is 16.7. The van der Waals surface area contributed by atoms with Crippen molar-refractivity contribution in [3.05, 3.63) is 82.3 Å². The van der Waals surface area contributed by atoms with Crippen LogP contribution in [0.4, 0.5) is 5.69 Å². The van der Waals surface area contributed by atoms with Gasteiger partial charge in [0.25, 0.3) is 5.91 Å². The van der Waals surface area contributed by atoms with E-state index < -0.39 is 23.7 Å². The summed E-state index contributed by atoms with van der Waals surface area (Å²) in [5, 5.41) is 11.1. The molecule has 1 heterocycles. The number of rotatable bonds is 20. The highest BCUT2D eigenvalue weighted by molar-refractivity contribution is 9.10. The number of carbonyl (C=O) groups excluding carboxylic acids is 3. The van der Waals surface area contributed by atoms with Crippen LogP contribution in [0.15, 0.2) is 71.2 Å². The highest BCUT2D eigenvalue weighted by Crippen LogP contribution is 2.29. The minimum atomic E-state index is -1.39. The number of esters is 1. The molecule has 1 atom stereocenters. The van der Waals surface area contributed by atoms with Gasteiger partial charge in [-0.3, -0.25) is 9.59 Å². The fourth-order valence-electron chi connectivity index (χ4n) is 5.53. The maximum Gasteiger partial charge on any atom is 0.338 e. The number of anilines is 1. The van der Waals surface area contributed by atoms with Gasteiger partial charge < -0.3 is 14.8 Å². The summed E-state index contributed by atoms with van der Waals surface area (Å²) in [7, 11) is 1.46. The van der Waals surface area contributed by atoms with E-state index >= 15 is 0 Å². The van der Waals surface area contributed by atoms with Crippen LogP contribution in [0.3, 0.4) is 0 Å². The van der Waals surface area contributed by atoms with Gasteiger partial charge in [0.15, 0.2) is 11.8 Å². The Hall–Kier alpha value is -4.05. The summed E-state index contributed by atoms with van der Waals surface area (Å²) in [4.78, 5) is 40.6. The lowest BCUT2D eigenvalue weighted by Gasteiger charge is -2.18. The fraction of sp³-hybridized carbons (Fsp3) is 0.432. The largest absolute Gasteiger partial charge is 0.495 e. The standard InChI is InChI=1S/C37H45BrN4O5/c1-3-4-5-6-7-8-9-10-11-12-13-17-24-47-37(45)28-20-23-33(46-2)31(25-28)39-36(44)34(35(43)27-18-15-14-16-19-27)42-32-26-29(38)21-22-30(32)40-41-42/h14-16,18-23,25-26,34H,3-13,17,24H2,1-2H3,(H,39,44). The molecule has 3 aromatic carbocycles. The van der Waals surface area contributed by atoms with E-state index in [0.29, 0.717) is 29.0 Å². The number of ketones is 1. The molecule has 0 bridgehead atoms. The van der Waals surface area contributed by atoms with E-state index in [0.717, 1.165) is 23.7 Å². The average Bonchev–Trinajstić information content (AvgIpc) is 3.49. The number of halogens is 1. The maximum absolute atomic E-state index is 13.9. The van der Waals surface area contributed by atoms with Crippen molar-refractivity contribution >= 4 is 50.3 Å². The van der Waals surface area contributed by atoms with Gasteiger partial charge in [0.1, 0.15) is 11.3 Å². The van der Waals surface area contributed by atoms with Gasteiger partial charge in [-0.15, -0.1) is 5.10 Å². The second-order valence-electron chi connectivity index (χ2n) is 11.7. The van der Waals surface area contributed by atoms with Crippen molar-refractivity contribution in [1.29, 1.82) is 0 Å². The SMILES string of the molecule is CCCCCCCCCCCCCCOC(=O)c1ccc(OC)c(NC(=O)C(C(=O)c2ccccc2)n2nnc3ccc(Br)cc32)c1. The average molecular weight is 706 g/mol. The Bertz CT molecular complexity index is 1610. The van der Waals surface area contributed by atoms with Gasteiger partial charge in [-0.05, 0) is 42.8 Å². The number of nitrogens with one attached hydrogen (secondary N) is 1. The molecule has 1 unspecified atom stereocenters. The molecule has 0 aliphatic carbocycles. The van der Waals surface area contributed by atoms with Crippen molar-refractivity contribution < 1.29 is 23.9 Å². The number of aromatic nitrogens is 3. The predicted octanol–water partition coefficient (Wildman–Crippen LogP) is 9.12. The van der Waals surface area contributed by atoms with E-state index in [1.165, 1.54) is 75.6 Å². The third-order valence-electron chi connectivity index (χ3n) is 8.16. The molecular formula is C37H45BrN4O5. The number of methoxy groups -OCH3 is 1. The van der Waals surface area contributed by atoms with Gasteiger partial charge in [0.05, 0.1) is 30.5 Å². The topological polar surface area (TPSA) is 112 Å². The Kier molecular flexibility index (Phi) is 14.4. The number of Topliss-reactive ketones (excluding diaryl/α,β-unsaturated/α-hetero) is 1. The lowest BCUT2D eigenvalue weighted by molar-refractivity contribution is -0.118. The number of unbranched alkanes of at least 4 members (excludes halogenated alkanes) is 11. The highest BCUT2D eigenvalue weighted by atomic mass is 79.9. The van der Waals surface area contributed by atoms with Crippen LogP contribution in [0, 0.1) is 0 Å². The summed E-state index contributed by atoms with van der Waals surface area (Å²) in [6.45, 7) is 2.57. The first-order valence-corrected chi connectivity index (χ1v) is 17.5. The maximum atomic E-state index is 13.9. The number of ether oxygens (including phenoxy) is 2. The summed E-state index contributed by atoms with van der Waals surface area (Å²) in [6.07, 6.45) is 14.7. The summed E-state index contributed by atoms with van der Waals surface area (Å²) >= 11 is 3.45. The Morgan fingerprint density at radius 3 is 2.13 bits per heavy atom. The summed E-state index contributed by atoms with van der Waals surface area (Å²) < 4.78 is 13.1. The van der Waals surface area contributed by atoms with Crippen molar-refractivity contribution in [2.45, 2.75) is 90.0 Å². The van der Waals surface area contributed by atoms with Crippen LogP contribution in [0.2, 0.25) is 0 Å². The van der Waals surface area contributed by atoms with Gasteiger partial charge in [0, 0.05) is 10.0 Å². The van der Waals surface area contributed by atoms with E-state index in [1.807, 2.05) is 6.07 Å². The quantitative estimate of drug-likeness (QED) is 0.0423. The van der Waals surface area contributed by atoms with Crippen LogP contribution in [0.5, 0.6) is 5.75 Å². The third kappa shape index (κ3) is 10.5. The molecule has 0 radical (unpaired) electrons. The zero-order valence-corrected chi connectivity index (χ0v) is 29.0. The lowest BCUT2D eigenvalue weighted by atomic mass is 10.0. The van der Waals surface area contributed by atoms with Crippen LogP contribution in [0.1, 0.15) is 111 Å². The molecule has 1 amide bonds. The van der Waals surface area contributed by atoms with Crippen LogP contribution in [-0.2, 0) is 9.53 Å². The minimum absolute atomic E-state index is 0.230. The van der Waals surface area contributed by atoms with Crippen molar-refractivity contribution in [2.24, 2.45) is 0 Å². The molecule has 4 rings (SSSR count). The van der Waals surface area contributed by atoms with Crippen LogP contribution in [-0.4, -0.2) is 46.4 Å². The van der Waals surface area contributed by atoms with Crippen LogP contribution < -0.4 is 10.1 Å². The number of hydrogen-bond donors (Lipinski definition) is 1. The number of carbonyl (C=O) groups is 3. The lowest BCUT2D eigenvalue weighted by Crippen LogP contribution is -2.33. The van der Waals surface area contributed by atoms with E-state index in [9.17, 15) is 14.4 Å². The summed E-state index contributed by atoms with van der Waals surface area (Å²) in [6, 6.07) is 17.1. The Labute approximate surface area is 285 Å². The van der Waals surface area contributed by atoms with E-state index in [4.69, 9.17) is 9.47 Å². The van der Waals surface area contributed by atoms with Crippen LogP contribution in [0.25, 0.3) is 11.0 Å². The van der Waals surface area contributed by atoms with Gasteiger partial charge in [0.2, 0.25) is 0 Å². The Balaban J connectivity index is 1.36. The molecule has 0 saturated heterocycles. The van der Waals surface area contributed by atoms with Gasteiger partial charge >= 0.3 is 5.97 Å². The molecule has 47 heavy (non-hydrogen) atoms. The normalized spacial score (nSPS) is 11.7. The van der Waals surface area contributed by atoms with E-state index in [-0.39, 0.29) is 11.3 Å². The molecule has 1 N–H and O–H groups in total. The van der Waals surface area contributed by atoms with E-state index in [1.54, 1.807) is 54.6 Å². The molecule has 0 spiro atoms. The molecule has 0 aliphatic rings. The Morgan fingerprint density at radius 2 is 1.47 bits per heavy atom. The number of amides is 1. The molecule has 0 saturated carbocycles. The molecule has 9 nitrogen and oxygen atoms in total. The first kappa shape index (κ1) is 35.8. The smallest absolute Gasteiger partial charge is 0.338 e. The Morgan fingerprint density at radius 1 is 0.809 bits per heavy atom. The van der Waals surface area contributed by atoms with E-state index in [2.05, 4.69) is 38.5 Å². The number of benzene rings is 3. The predicted molar refractivity (Wildman–Crippen MR) is 188 cm³/mol. The molecule has 1 aromatic heterocycles. The van der Waals surface area contributed by atoms with Gasteiger partial charge in [-0.1, -0.05) is 129 Å². The zero-order valence-electron chi connectivity index (χ0n) is 27.4. The van der Waals surface area contributed by atoms with Gasteiger partial charge in [-0.2, -0.15) is 0 Å². The highest BCUT2D eigenvalue weighted by Gasteiger charge is 2.33. The first-order chi connectivity index (χ1) is 22.9. The summed E-state index contributed by atoms with van der Waals surface area (Å²) in [5.74, 6) is -1.29. The van der Waals surface area contributed by atoms with Crippen LogP contribution >= 0.6 is 15.9 Å².